The van der Waals surface area contributed by atoms with Crippen molar-refractivity contribution in [2.24, 2.45) is 0 Å². The summed E-state index contributed by atoms with van der Waals surface area (Å²) in [6.45, 7) is 3.46. The Morgan fingerprint density at radius 1 is 1.09 bits per heavy atom. The van der Waals surface area contributed by atoms with Crippen LogP contribution in [0.5, 0.6) is 0 Å². The number of halogens is 2. The van der Waals surface area contributed by atoms with Gasteiger partial charge >= 0.3 is 0 Å². The van der Waals surface area contributed by atoms with E-state index >= 15 is 0 Å². The van der Waals surface area contributed by atoms with Gasteiger partial charge in [0.15, 0.2) is 0 Å². The SMILES string of the molecule is OC(CN1CCN(c2ccccn2)CC1)c1ccc(F)cc1F. The van der Waals surface area contributed by atoms with Crippen molar-refractivity contribution in [3.63, 3.8) is 0 Å². The molecule has 4 nitrogen and oxygen atoms in total. The first kappa shape index (κ1) is 15.8. The maximum atomic E-state index is 13.7. The zero-order chi connectivity index (χ0) is 16.2. The van der Waals surface area contributed by atoms with Gasteiger partial charge in [-0.3, -0.25) is 4.90 Å². The molecule has 0 saturated carbocycles. The van der Waals surface area contributed by atoms with Crippen LogP contribution in [0.25, 0.3) is 0 Å². The third-order valence-electron chi connectivity index (χ3n) is 4.10. The van der Waals surface area contributed by atoms with E-state index in [2.05, 4.69) is 14.8 Å². The fourth-order valence-corrected chi connectivity index (χ4v) is 2.82. The van der Waals surface area contributed by atoms with Crippen LogP contribution < -0.4 is 4.90 Å². The zero-order valence-electron chi connectivity index (χ0n) is 12.7. The van der Waals surface area contributed by atoms with Gasteiger partial charge in [-0.25, -0.2) is 13.8 Å². The minimum Gasteiger partial charge on any atom is -0.387 e. The molecule has 6 heteroatoms. The number of pyridine rings is 1. The van der Waals surface area contributed by atoms with Gasteiger partial charge in [-0.1, -0.05) is 12.1 Å². The average Bonchev–Trinajstić information content (AvgIpc) is 2.56. The van der Waals surface area contributed by atoms with Crippen LogP contribution in [0.4, 0.5) is 14.6 Å². The quantitative estimate of drug-likeness (QED) is 0.938. The van der Waals surface area contributed by atoms with Crippen molar-refractivity contribution in [3.8, 4) is 0 Å². The molecule has 0 spiro atoms. The second-order valence-electron chi connectivity index (χ2n) is 5.66. The molecule has 1 unspecified atom stereocenters. The Bertz CT molecular complexity index is 646. The summed E-state index contributed by atoms with van der Waals surface area (Å²) in [5.74, 6) is -0.399. The number of hydrogen-bond acceptors (Lipinski definition) is 4. The molecule has 1 atom stereocenters. The second-order valence-corrected chi connectivity index (χ2v) is 5.66. The van der Waals surface area contributed by atoms with Crippen LogP contribution in [0.2, 0.25) is 0 Å². The minimum absolute atomic E-state index is 0.138. The van der Waals surface area contributed by atoms with Crippen molar-refractivity contribution in [1.82, 2.24) is 9.88 Å². The molecule has 23 heavy (non-hydrogen) atoms. The molecule has 1 aromatic carbocycles. The highest BCUT2D eigenvalue weighted by Crippen LogP contribution is 2.20. The summed E-state index contributed by atoms with van der Waals surface area (Å²) in [5.41, 5.74) is 0.138. The lowest BCUT2D eigenvalue weighted by Crippen LogP contribution is -2.47. The van der Waals surface area contributed by atoms with Gasteiger partial charge in [-0.2, -0.15) is 0 Å². The molecule has 1 N–H and O–H groups in total. The third kappa shape index (κ3) is 3.83. The van der Waals surface area contributed by atoms with Gasteiger partial charge in [0.25, 0.3) is 0 Å². The highest BCUT2D eigenvalue weighted by Gasteiger charge is 2.22. The van der Waals surface area contributed by atoms with E-state index in [0.29, 0.717) is 6.54 Å². The number of rotatable bonds is 4. The fraction of sp³-hybridized carbons (Fsp3) is 0.353. The van der Waals surface area contributed by atoms with Crippen molar-refractivity contribution in [2.75, 3.05) is 37.6 Å². The first-order valence-corrected chi connectivity index (χ1v) is 7.65. The van der Waals surface area contributed by atoms with Gasteiger partial charge in [0.1, 0.15) is 17.5 Å². The number of anilines is 1. The summed E-state index contributed by atoms with van der Waals surface area (Å²) < 4.78 is 26.6. The first-order valence-electron chi connectivity index (χ1n) is 7.65. The second kappa shape index (κ2) is 7.02. The van der Waals surface area contributed by atoms with Crippen molar-refractivity contribution < 1.29 is 13.9 Å². The van der Waals surface area contributed by atoms with Crippen molar-refractivity contribution in [2.45, 2.75) is 6.10 Å². The summed E-state index contributed by atoms with van der Waals surface area (Å²) in [6, 6.07) is 9.08. The lowest BCUT2D eigenvalue weighted by Gasteiger charge is -2.36. The molecule has 3 rings (SSSR count). The summed E-state index contributed by atoms with van der Waals surface area (Å²) in [5, 5.41) is 10.2. The van der Waals surface area contributed by atoms with Crippen molar-refractivity contribution >= 4 is 5.82 Å². The molecule has 0 aliphatic carbocycles. The Hall–Kier alpha value is -2.05. The van der Waals surface area contributed by atoms with Gasteiger partial charge < -0.3 is 10.0 Å². The van der Waals surface area contributed by atoms with Crippen molar-refractivity contribution in [1.29, 1.82) is 0 Å². The first-order chi connectivity index (χ1) is 11.1. The average molecular weight is 319 g/mol. The molecule has 0 bridgehead atoms. The number of nitrogens with zero attached hydrogens (tertiary/aromatic N) is 3. The standard InChI is InChI=1S/C17H19F2N3O/c18-13-4-5-14(15(19)11-13)16(23)12-21-7-9-22(10-8-21)17-3-1-2-6-20-17/h1-6,11,16,23H,7-10,12H2. The Labute approximate surface area is 134 Å². The van der Waals surface area contributed by atoms with E-state index in [0.717, 1.165) is 38.1 Å². The minimum atomic E-state index is -0.961. The third-order valence-corrected chi connectivity index (χ3v) is 4.10. The number of piperazine rings is 1. The van der Waals surface area contributed by atoms with Crippen LogP contribution in [0.15, 0.2) is 42.6 Å². The fourth-order valence-electron chi connectivity index (χ4n) is 2.82. The van der Waals surface area contributed by atoms with Crippen LogP contribution in [0, 0.1) is 11.6 Å². The lowest BCUT2D eigenvalue weighted by atomic mass is 10.1. The molecular weight excluding hydrogens is 300 g/mol. The number of aliphatic hydroxyl groups excluding tert-OH is 1. The van der Waals surface area contributed by atoms with Gasteiger partial charge in [0.2, 0.25) is 0 Å². The zero-order valence-corrected chi connectivity index (χ0v) is 12.7. The predicted molar refractivity (Wildman–Crippen MR) is 84.2 cm³/mol. The predicted octanol–water partition coefficient (Wildman–Crippen LogP) is 2.22. The highest BCUT2D eigenvalue weighted by molar-refractivity contribution is 5.38. The number of benzene rings is 1. The van der Waals surface area contributed by atoms with E-state index in [-0.39, 0.29) is 5.56 Å². The number of aromatic nitrogens is 1. The van der Waals surface area contributed by atoms with Gasteiger partial charge in [0, 0.05) is 50.6 Å². The van der Waals surface area contributed by atoms with E-state index in [1.54, 1.807) is 6.20 Å². The molecule has 1 fully saturated rings. The molecule has 1 saturated heterocycles. The summed E-state index contributed by atoms with van der Waals surface area (Å²) in [6.07, 6.45) is 0.806. The topological polar surface area (TPSA) is 39.6 Å². The Morgan fingerprint density at radius 3 is 2.52 bits per heavy atom. The molecule has 2 heterocycles. The molecule has 0 amide bonds. The van der Waals surface area contributed by atoms with E-state index in [1.807, 2.05) is 18.2 Å². The van der Waals surface area contributed by atoms with Gasteiger partial charge in [-0.05, 0) is 18.2 Å². The molecule has 1 aliphatic heterocycles. The molecule has 1 aromatic heterocycles. The highest BCUT2D eigenvalue weighted by atomic mass is 19.1. The van der Waals surface area contributed by atoms with Gasteiger partial charge in [0.05, 0.1) is 6.10 Å². The Morgan fingerprint density at radius 2 is 1.87 bits per heavy atom. The van der Waals surface area contributed by atoms with E-state index < -0.39 is 17.7 Å². The molecule has 1 aliphatic rings. The Kier molecular flexibility index (Phi) is 4.83. The summed E-state index contributed by atoms with van der Waals surface area (Å²) in [7, 11) is 0. The van der Waals surface area contributed by atoms with Gasteiger partial charge in [-0.15, -0.1) is 0 Å². The number of aliphatic hydroxyl groups is 1. The van der Waals surface area contributed by atoms with Crippen molar-refractivity contribution in [3.05, 3.63) is 59.8 Å². The number of β-amino-alcohol motifs (C(OH)–C–C–N with tert-alkyl or cyclic N) is 1. The van der Waals surface area contributed by atoms with Crippen LogP contribution >= 0.6 is 0 Å². The molecule has 0 radical (unpaired) electrons. The summed E-state index contributed by atoms with van der Waals surface area (Å²) >= 11 is 0. The maximum Gasteiger partial charge on any atom is 0.131 e. The monoisotopic (exact) mass is 319 g/mol. The molecular formula is C17H19F2N3O. The van der Waals surface area contributed by atoms with E-state index in [9.17, 15) is 13.9 Å². The Balaban J connectivity index is 1.56. The smallest absolute Gasteiger partial charge is 0.131 e. The molecule has 2 aromatic rings. The summed E-state index contributed by atoms with van der Waals surface area (Å²) in [4.78, 5) is 8.59. The van der Waals surface area contributed by atoms with Crippen LogP contribution in [-0.4, -0.2) is 47.7 Å². The molecule has 122 valence electrons. The number of hydrogen-bond donors (Lipinski definition) is 1. The normalized spacial score (nSPS) is 17.3. The van der Waals surface area contributed by atoms with E-state index in [1.165, 1.54) is 12.1 Å². The van der Waals surface area contributed by atoms with Crippen LogP contribution in [-0.2, 0) is 0 Å². The largest absolute Gasteiger partial charge is 0.387 e. The lowest BCUT2D eigenvalue weighted by molar-refractivity contribution is 0.106. The van der Waals surface area contributed by atoms with Crippen LogP contribution in [0.1, 0.15) is 11.7 Å². The van der Waals surface area contributed by atoms with Crippen LogP contribution in [0.3, 0.4) is 0 Å². The van der Waals surface area contributed by atoms with E-state index in [4.69, 9.17) is 0 Å². The maximum absolute atomic E-state index is 13.7.